The average Bonchev–Trinajstić information content (AvgIpc) is 2.36. The first-order valence-corrected chi connectivity index (χ1v) is 5.80. The smallest absolute Gasteiger partial charge is 0.179 e. The number of hydrogen-bond donors (Lipinski definition) is 1. The predicted octanol–water partition coefficient (Wildman–Crippen LogP) is 2.43. The van der Waals surface area contributed by atoms with Gasteiger partial charge in [-0.05, 0) is 38.1 Å². The van der Waals surface area contributed by atoms with E-state index < -0.39 is 0 Å². The zero-order valence-corrected chi connectivity index (χ0v) is 10.4. The Kier molecular flexibility index (Phi) is 5.43. The van der Waals surface area contributed by atoms with Gasteiger partial charge in [0.2, 0.25) is 0 Å². The molecule has 3 heteroatoms. The molecule has 0 aliphatic carbocycles. The molecule has 92 valence electrons. The maximum atomic E-state index is 12.0. The molecular weight excluding hydrogens is 214 g/mol. The second-order valence-corrected chi connectivity index (χ2v) is 3.74. The molecule has 1 atom stereocenters. The summed E-state index contributed by atoms with van der Waals surface area (Å²) < 4.78 is 5.33. The lowest BCUT2D eigenvalue weighted by Crippen LogP contribution is -2.33. The highest BCUT2D eigenvalue weighted by atomic mass is 16.5. The fourth-order valence-corrected chi connectivity index (χ4v) is 1.48. The van der Waals surface area contributed by atoms with E-state index in [0.29, 0.717) is 18.7 Å². The lowest BCUT2D eigenvalue weighted by molar-refractivity contribution is 0.0953. The van der Waals surface area contributed by atoms with Crippen molar-refractivity contribution in [2.75, 3.05) is 13.2 Å². The summed E-state index contributed by atoms with van der Waals surface area (Å²) in [5.74, 6) is 0.866. The van der Waals surface area contributed by atoms with Crippen molar-refractivity contribution in [1.82, 2.24) is 5.32 Å². The van der Waals surface area contributed by atoms with E-state index in [4.69, 9.17) is 4.74 Å². The largest absolute Gasteiger partial charge is 0.494 e. The van der Waals surface area contributed by atoms with Crippen molar-refractivity contribution in [1.29, 1.82) is 0 Å². The monoisotopic (exact) mass is 233 g/mol. The maximum Gasteiger partial charge on any atom is 0.179 e. The maximum absolute atomic E-state index is 12.0. The minimum absolute atomic E-state index is 0.0786. The zero-order chi connectivity index (χ0) is 12.7. The molecule has 0 aromatic heterocycles. The van der Waals surface area contributed by atoms with Crippen molar-refractivity contribution < 1.29 is 9.53 Å². The third-order valence-corrected chi connectivity index (χ3v) is 2.41. The quantitative estimate of drug-likeness (QED) is 0.580. The van der Waals surface area contributed by atoms with E-state index in [1.807, 2.05) is 26.0 Å². The molecule has 1 rings (SSSR count). The van der Waals surface area contributed by atoms with Gasteiger partial charge < -0.3 is 10.1 Å². The number of rotatable bonds is 7. The second kappa shape index (κ2) is 6.86. The first-order chi connectivity index (χ1) is 8.19. The van der Waals surface area contributed by atoms with Gasteiger partial charge in [0.15, 0.2) is 5.78 Å². The van der Waals surface area contributed by atoms with Gasteiger partial charge in [-0.1, -0.05) is 6.08 Å². The van der Waals surface area contributed by atoms with Gasteiger partial charge in [0.1, 0.15) is 5.75 Å². The number of benzene rings is 1. The van der Waals surface area contributed by atoms with Gasteiger partial charge in [-0.15, -0.1) is 6.58 Å². The first-order valence-electron chi connectivity index (χ1n) is 5.80. The molecule has 0 fully saturated rings. The Hall–Kier alpha value is -1.61. The van der Waals surface area contributed by atoms with E-state index in [-0.39, 0.29) is 11.8 Å². The number of ether oxygens (including phenoxy) is 1. The summed E-state index contributed by atoms with van der Waals surface area (Å²) in [6.45, 7) is 8.65. The fourth-order valence-electron chi connectivity index (χ4n) is 1.48. The van der Waals surface area contributed by atoms with Crippen molar-refractivity contribution in [3.63, 3.8) is 0 Å². The van der Waals surface area contributed by atoms with Crippen LogP contribution < -0.4 is 10.1 Å². The Morgan fingerprint density at radius 1 is 1.47 bits per heavy atom. The fraction of sp³-hybridized carbons (Fsp3) is 0.357. The van der Waals surface area contributed by atoms with E-state index in [9.17, 15) is 4.79 Å². The van der Waals surface area contributed by atoms with Gasteiger partial charge in [-0.25, -0.2) is 0 Å². The van der Waals surface area contributed by atoms with Gasteiger partial charge in [-0.2, -0.15) is 0 Å². The molecule has 0 amide bonds. The molecule has 1 N–H and O–H groups in total. The Bertz CT molecular complexity index is 370. The number of hydrogen-bond acceptors (Lipinski definition) is 3. The van der Waals surface area contributed by atoms with Gasteiger partial charge in [-0.3, -0.25) is 4.79 Å². The number of nitrogens with one attached hydrogen (secondary N) is 1. The van der Waals surface area contributed by atoms with E-state index in [2.05, 4.69) is 11.9 Å². The molecule has 1 unspecified atom stereocenters. The van der Waals surface area contributed by atoms with E-state index >= 15 is 0 Å². The van der Waals surface area contributed by atoms with Crippen LogP contribution in [0.25, 0.3) is 0 Å². The molecular formula is C14H19NO2. The third kappa shape index (κ3) is 4.04. The molecule has 0 spiro atoms. The van der Waals surface area contributed by atoms with Crippen molar-refractivity contribution in [2.24, 2.45) is 0 Å². The van der Waals surface area contributed by atoms with Crippen molar-refractivity contribution >= 4 is 5.78 Å². The van der Waals surface area contributed by atoms with Crippen LogP contribution in [0.1, 0.15) is 24.2 Å². The van der Waals surface area contributed by atoms with Crippen LogP contribution in [-0.4, -0.2) is 25.0 Å². The van der Waals surface area contributed by atoms with Gasteiger partial charge in [0.25, 0.3) is 0 Å². The summed E-state index contributed by atoms with van der Waals surface area (Å²) in [7, 11) is 0. The Balaban J connectivity index is 2.65. The Labute approximate surface area is 102 Å². The highest BCUT2D eigenvalue weighted by Crippen LogP contribution is 2.13. The van der Waals surface area contributed by atoms with E-state index in [1.165, 1.54) is 0 Å². The minimum Gasteiger partial charge on any atom is -0.494 e. The van der Waals surface area contributed by atoms with Crippen LogP contribution in [0.5, 0.6) is 5.75 Å². The summed E-state index contributed by atoms with van der Waals surface area (Å²) in [5.41, 5.74) is 0.692. The summed E-state index contributed by atoms with van der Waals surface area (Å²) in [4.78, 5) is 12.0. The van der Waals surface area contributed by atoms with Crippen LogP contribution in [0.4, 0.5) is 0 Å². The zero-order valence-electron chi connectivity index (χ0n) is 10.4. The van der Waals surface area contributed by atoms with Gasteiger partial charge in [0, 0.05) is 12.1 Å². The summed E-state index contributed by atoms with van der Waals surface area (Å²) in [5, 5.41) is 3.07. The molecule has 0 saturated heterocycles. The lowest BCUT2D eigenvalue weighted by Gasteiger charge is -2.11. The highest BCUT2D eigenvalue weighted by molar-refractivity contribution is 5.99. The Morgan fingerprint density at radius 3 is 2.65 bits per heavy atom. The van der Waals surface area contributed by atoms with Crippen molar-refractivity contribution in [3.05, 3.63) is 42.5 Å². The number of carbonyl (C=O) groups is 1. The standard InChI is InChI=1S/C14H19NO2/c1-4-10-15-11(3)14(16)12-6-8-13(9-7-12)17-5-2/h4,6-9,11,15H,1,5,10H2,2-3H3. The average molecular weight is 233 g/mol. The number of Topliss-reactive ketones (excluding diaryl/α,β-unsaturated/α-hetero) is 1. The summed E-state index contributed by atoms with van der Waals surface area (Å²) in [6.07, 6.45) is 1.74. The predicted molar refractivity (Wildman–Crippen MR) is 69.6 cm³/mol. The normalized spacial score (nSPS) is 11.9. The molecule has 0 bridgehead atoms. The van der Waals surface area contributed by atoms with Crippen LogP contribution in [0.15, 0.2) is 36.9 Å². The van der Waals surface area contributed by atoms with Crippen LogP contribution in [0, 0.1) is 0 Å². The SMILES string of the molecule is C=CCNC(C)C(=O)c1ccc(OCC)cc1. The first kappa shape index (κ1) is 13.5. The number of carbonyl (C=O) groups excluding carboxylic acids is 1. The van der Waals surface area contributed by atoms with Gasteiger partial charge in [0.05, 0.1) is 12.6 Å². The minimum atomic E-state index is -0.203. The van der Waals surface area contributed by atoms with Crippen molar-refractivity contribution in [3.8, 4) is 5.75 Å². The molecule has 3 nitrogen and oxygen atoms in total. The highest BCUT2D eigenvalue weighted by Gasteiger charge is 2.13. The van der Waals surface area contributed by atoms with Crippen LogP contribution in [0.3, 0.4) is 0 Å². The molecule has 0 aliphatic heterocycles. The van der Waals surface area contributed by atoms with Gasteiger partial charge >= 0.3 is 0 Å². The third-order valence-electron chi connectivity index (χ3n) is 2.41. The summed E-state index contributed by atoms with van der Waals surface area (Å²) in [6, 6.07) is 7.01. The molecule has 0 aliphatic rings. The van der Waals surface area contributed by atoms with Crippen LogP contribution in [-0.2, 0) is 0 Å². The molecule has 1 aromatic carbocycles. The Morgan fingerprint density at radius 2 is 2.12 bits per heavy atom. The summed E-state index contributed by atoms with van der Waals surface area (Å²) >= 11 is 0. The van der Waals surface area contributed by atoms with Crippen molar-refractivity contribution in [2.45, 2.75) is 19.9 Å². The molecule has 17 heavy (non-hydrogen) atoms. The topological polar surface area (TPSA) is 38.3 Å². The molecule has 0 heterocycles. The second-order valence-electron chi connectivity index (χ2n) is 3.74. The van der Waals surface area contributed by atoms with E-state index in [0.717, 1.165) is 5.75 Å². The van der Waals surface area contributed by atoms with Crippen LogP contribution in [0.2, 0.25) is 0 Å². The molecule has 0 saturated carbocycles. The molecule has 1 aromatic rings. The number of ketones is 1. The van der Waals surface area contributed by atoms with Crippen LogP contribution >= 0.6 is 0 Å². The lowest BCUT2D eigenvalue weighted by atomic mass is 10.1. The molecule has 0 radical (unpaired) electrons. The van der Waals surface area contributed by atoms with E-state index in [1.54, 1.807) is 18.2 Å².